The quantitative estimate of drug-likeness (QED) is 0.758. The highest BCUT2D eigenvalue weighted by atomic mass is 19.1. The molecule has 0 fully saturated rings. The Kier molecular flexibility index (Phi) is 3.84. The van der Waals surface area contributed by atoms with Gasteiger partial charge in [0.05, 0.1) is 0 Å². The normalized spacial score (nSPS) is 10.9. The summed E-state index contributed by atoms with van der Waals surface area (Å²) in [6, 6.07) is 18.1. The van der Waals surface area contributed by atoms with Crippen molar-refractivity contribution in [2.45, 2.75) is 13.1 Å². The van der Waals surface area contributed by atoms with Crippen LogP contribution in [0, 0.1) is 5.82 Å². The fourth-order valence-electron chi connectivity index (χ4n) is 2.49. The van der Waals surface area contributed by atoms with Gasteiger partial charge in [0.15, 0.2) is 0 Å². The van der Waals surface area contributed by atoms with E-state index in [-0.39, 0.29) is 11.6 Å². The average Bonchev–Trinajstić information content (AvgIpc) is 2.50. The van der Waals surface area contributed by atoms with Crippen LogP contribution in [-0.2, 0) is 13.1 Å². The molecule has 3 rings (SSSR count). The summed E-state index contributed by atoms with van der Waals surface area (Å²) in [5.74, 6) is 0.0442. The third-order valence-corrected chi connectivity index (χ3v) is 3.54. The Labute approximate surface area is 122 Å². The lowest BCUT2D eigenvalue weighted by atomic mass is 10.0. The molecule has 2 N–H and O–H groups in total. The van der Waals surface area contributed by atoms with E-state index >= 15 is 0 Å². The average molecular weight is 281 g/mol. The molecule has 0 radical (unpaired) electrons. The molecule has 0 aliphatic heterocycles. The topological polar surface area (TPSA) is 32.3 Å². The molecule has 3 aromatic rings. The van der Waals surface area contributed by atoms with Crippen molar-refractivity contribution >= 4 is 10.8 Å². The minimum Gasteiger partial charge on any atom is -0.508 e. The van der Waals surface area contributed by atoms with Gasteiger partial charge in [-0.05, 0) is 34.5 Å². The molecule has 0 amide bonds. The van der Waals surface area contributed by atoms with Crippen molar-refractivity contribution < 1.29 is 9.50 Å². The van der Waals surface area contributed by atoms with Crippen molar-refractivity contribution in [3.8, 4) is 5.75 Å². The second kappa shape index (κ2) is 5.94. The van der Waals surface area contributed by atoms with Crippen LogP contribution in [0.25, 0.3) is 10.8 Å². The van der Waals surface area contributed by atoms with Gasteiger partial charge >= 0.3 is 0 Å². The van der Waals surface area contributed by atoms with Crippen LogP contribution in [0.3, 0.4) is 0 Å². The minimum atomic E-state index is -0.234. The van der Waals surface area contributed by atoms with Gasteiger partial charge in [-0.2, -0.15) is 0 Å². The van der Waals surface area contributed by atoms with Crippen molar-refractivity contribution in [3.63, 3.8) is 0 Å². The molecule has 106 valence electrons. The summed E-state index contributed by atoms with van der Waals surface area (Å²) >= 11 is 0. The Hall–Kier alpha value is -2.39. The number of hydrogen-bond donors (Lipinski definition) is 2. The molecule has 3 heteroatoms. The molecule has 0 spiro atoms. The van der Waals surface area contributed by atoms with E-state index in [2.05, 4.69) is 5.32 Å². The number of phenolic OH excluding ortho intramolecular Hbond substituents is 1. The minimum absolute atomic E-state index is 0.234. The first-order chi connectivity index (χ1) is 10.2. The highest BCUT2D eigenvalue weighted by molar-refractivity contribution is 5.87. The summed E-state index contributed by atoms with van der Waals surface area (Å²) in [6.07, 6.45) is 0. The molecule has 0 unspecified atom stereocenters. The van der Waals surface area contributed by atoms with E-state index in [0.29, 0.717) is 13.1 Å². The number of aromatic hydroxyl groups is 1. The Balaban J connectivity index is 1.77. The van der Waals surface area contributed by atoms with Gasteiger partial charge < -0.3 is 10.4 Å². The predicted octanol–water partition coefficient (Wildman–Crippen LogP) is 3.97. The second-order valence-corrected chi connectivity index (χ2v) is 5.02. The summed E-state index contributed by atoms with van der Waals surface area (Å²) < 4.78 is 13.1. The van der Waals surface area contributed by atoms with E-state index < -0.39 is 0 Å². The van der Waals surface area contributed by atoms with Gasteiger partial charge in [0.25, 0.3) is 0 Å². The number of nitrogens with one attached hydrogen (secondary N) is 1. The molecule has 0 saturated carbocycles. The van der Waals surface area contributed by atoms with E-state index in [0.717, 1.165) is 21.9 Å². The van der Waals surface area contributed by atoms with Gasteiger partial charge in [-0.15, -0.1) is 0 Å². The SMILES string of the molecule is Oc1ccc2ccccc2c1CNCc1cccc(F)c1. The molecule has 21 heavy (non-hydrogen) atoms. The second-order valence-electron chi connectivity index (χ2n) is 5.02. The third kappa shape index (κ3) is 3.03. The number of halogens is 1. The molecule has 0 aliphatic rings. The van der Waals surface area contributed by atoms with Crippen LogP contribution in [0.15, 0.2) is 60.7 Å². The van der Waals surface area contributed by atoms with Crippen LogP contribution >= 0.6 is 0 Å². The van der Waals surface area contributed by atoms with Crippen LogP contribution in [0.4, 0.5) is 4.39 Å². The Morgan fingerprint density at radius 2 is 1.76 bits per heavy atom. The lowest BCUT2D eigenvalue weighted by molar-refractivity contribution is 0.466. The maximum absolute atomic E-state index is 13.1. The molecule has 0 heterocycles. The molecular weight excluding hydrogens is 265 g/mol. The van der Waals surface area contributed by atoms with Crippen LogP contribution in [0.1, 0.15) is 11.1 Å². The maximum Gasteiger partial charge on any atom is 0.123 e. The predicted molar refractivity (Wildman–Crippen MR) is 82.6 cm³/mol. The van der Waals surface area contributed by atoms with Crippen molar-refractivity contribution in [1.29, 1.82) is 0 Å². The van der Waals surface area contributed by atoms with Crippen LogP contribution in [0.2, 0.25) is 0 Å². The van der Waals surface area contributed by atoms with Crippen LogP contribution < -0.4 is 5.32 Å². The van der Waals surface area contributed by atoms with Crippen molar-refractivity contribution in [1.82, 2.24) is 5.32 Å². The van der Waals surface area contributed by atoms with E-state index in [1.807, 2.05) is 36.4 Å². The molecule has 0 saturated heterocycles. The number of benzene rings is 3. The fourth-order valence-corrected chi connectivity index (χ4v) is 2.49. The monoisotopic (exact) mass is 281 g/mol. The van der Waals surface area contributed by atoms with Gasteiger partial charge in [0.1, 0.15) is 11.6 Å². The molecule has 0 aromatic heterocycles. The summed E-state index contributed by atoms with van der Waals surface area (Å²) in [5.41, 5.74) is 1.75. The van der Waals surface area contributed by atoms with E-state index in [1.54, 1.807) is 12.1 Å². The zero-order valence-corrected chi connectivity index (χ0v) is 11.5. The van der Waals surface area contributed by atoms with Gasteiger partial charge in [-0.3, -0.25) is 0 Å². The first-order valence-electron chi connectivity index (χ1n) is 6.89. The van der Waals surface area contributed by atoms with Crippen LogP contribution in [0.5, 0.6) is 5.75 Å². The number of fused-ring (bicyclic) bond motifs is 1. The molecule has 2 nitrogen and oxygen atoms in total. The number of hydrogen-bond acceptors (Lipinski definition) is 2. The van der Waals surface area contributed by atoms with E-state index in [4.69, 9.17) is 0 Å². The lowest BCUT2D eigenvalue weighted by Crippen LogP contribution is -2.13. The summed E-state index contributed by atoms with van der Waals surface area (Å²) in [6.45, 7) is 1.09. The molecule has 0 aliphatic carbocycles. The highest BCUT2D eigenvalue weighted by Gasteiger charge is 2.06. The van der Waals surface area contributed by atoms with Crippen molar-refractivity contribution in [2.75, 3.05) is 0 Å². The standard InChI is InChI=1S/C18H16FNO/c19-15-6-3-4-13(10-15)11-20-12-17-16-7-2-1-5-14(16)8-9-18(17)21/h1-10,20-21H,11-12H2. The molecular formula is C18H16FNO. The Morgan fingerprint density at radius 1 is 0.905 bits per heavy atom. The molecule has 3 aromatic carbocycles. The van der Waals surface area contributed by atoms with Gasteiger partial charge in [0.2, 0.25) is 0 Å². The van der Waals surface area contributed by atoms with Gasteiger partial charge in [-0.25, -0.2) is 4.39 Å². The first-order valence-corrected chi connectivity index (χ1v) is 6.89. The molecule has 0 atom stereocenters. The maximum atomic E-state index is 13.1. The molecule has 0 bridgehead atoms. The van der Waals surface area contributed by atoms with Crippen molar-refractivity contribution in [2.24, 2.45) is 0 Å². The third-order valence-electron chi connectivity index (χ3n) is 3.54. The van der Waals surface area contributed by atoms with Crippen LogP contribution in [-0.4, -0.2) is 5.11 Å². The fraction of sp³-hybridized carbons (Fsp3) is 0.111. The van der Waals surface area contributed by atoms with Gasteiger partial charge in [-0.1, -0.05) is 42.5 Å². The smallest absolute Gasteiger partial charge is 0.123 e. The Bertz CT molecular complexity index is 770. The van der Waals surface area contributed by atoms with E-state index in [1.165, 1.54) is 12.1 Å². The largest absolute Gasteiger partial charge is 0.508 e. The summed E-state index contributed by atoms with van der Waals surface area (Å²) in [7, 11) is 0. The summed E-state index contributed by atoms with van der Waals surface area (Å²) in [4.78, 5) is 0. The Morgan fingerprint density at radius 3 is 2.62 bits per heavy atom. The van der Waals surface area contributed by atoms with Gasteiger partial charge in [0, 0.05) is 18.7 Å². The lowest BCUT2D eigenvalue weighted by Gasteiger charge is -2.10. The highest BCUT2D eigenvalue weighted by Crippen LogP contribution is 2.26. The van der Waals surface area contributed by atoms with Crippen molar-refractivity contribution in [3.05, 3.63) is 77.6 Å². The zero-order valence-electron chi connectivity index (χ0n) is 11.5. The van der Waals surface area contributed by atoms with E-state index in [9.17, 15) is 9.50 Å². The number of phenols is 1. The zero-order chi connectivity index (χ0) is 14.7. The first kappa shape index (κ1) is 13.6. The summed E-state index contributed by atoms with van der Waals surface area (Å²) in [5, 5.41) is 15.4. The number of rotatable bonds is 4.